The van der Waals surface area contributed by atoms with Crippen molar-refractivity contribution in [3.63, 3.8) is 0 Å². The van der Waals surface area contributed by atoms with Crippen LogP contribution in [0.1, 0.15) is 40.6 Å². The van der Waals surface area contributed by atoms with Gasteiger partial charge in [-0.05, 0) is 39.1 Å². The molecule has 1 amide bonds. The molecule has 0 aliphatic carbocycles. The highest BCUT2D eigenvalue weighted by Gasteiger charge is 2.28. The molecule has 0 bridgehead atoms. The van der Waals surface area contributed by atoms with Crippen LogP contribution >= 0.6 is 0 Å². The van der Waals surface area contributed by atoms with Gasteiger partial charge in [-0.1, -0.05) is 0 Å². The van der Waals surface area contributed by atoms with Crippen LogP contribution in [0.25, 0.3) is 0 Å². The summed E-state index contributed by atoms with van der Waals surface area (Å²) in [5, 5.41) is 8.84. The van der Waals surface area contributed by atoms with Crippen molar-refractivity contribution in [2.24, 2.45) is 0 Å². The third-order valence-electron chi connectivity index (χ3n) is 4.73. The summed E-state index contributed by atoms with van der Waals surface area (Å²) < 4.78 is 2.20. The van der Waals surface area contributed by atoms with E-state index in [4.69, 9.17) is 5.26 Å². The molecule has 136 valence electrons. The van der Waals surface area contributed by atoms with Crippen molar-refractivity contribution >= 4 is 5.91 Å². The van der Waals surface area contributed by atoms with Gasteiger partial charge in [0.05, 0.1) is 5.56 Å². The molecule has 0 saturated carbocycles. The molecular formula is C19H24N6O. The maximum atomic E-state index is 12.8. The number of likely N-dealkylation sites (N-methyl/N-ethyl adjacent to an activating group) is 1. The fraction of sp³-hybridized carbons (Fsp3) is 0.474. The van der Waals surface area contributed by atoms with Crippen molar-refractivity contribution in [1.82, 2.24) is 24.3 Å². The number of pyridine rings is 1. The molecule has 3 rings (SSSR count). The number of aromatic nitrogens is 3. The van der Waals surface area contributed by atoms with Gasteiger partial charge in [0.25, 0.3) is 5.91 Å². The van der Waals surface area contributed by atoms with Crippen molar-refractivity contribution < 1.29 is 4.79 Å². The number of rotatable bonds is 5. The molecule has 7 nitrogen and oxygen atoms in total. The second-order valence-corrected chi connectivity index (χ2v) is 6.92. The summed E-state index contributed by atoms with van der Waals surface area (Å²) in [6.07, 6.45) is 7.35. The molecule has 1 aliphatic heterocycles. The van der Waals surface area contributed by atoms with Crippen LogP contribution < -0.4 is 0 Å². The van der Waals surface area contributed by atoms with E-state index < -0.39 is 0 Å². The molecule has 1 atom stereocenters. The van der Waals surface area contributed by atoms with Gasteiger partial charge in [-0.2, -0.15) is 5.26 Å². The predicted molar refractivity (Wildman–Crippen MR) is 97.6 cm³/mol. The molecule has 1 saturated heterocycles. The van der Waals surface area contributed by atoms with Crippen molar-refractivity contribution in [3.8, 4) is 6.07 Å². The van der Waals surface area contributed by atoms with E-state index in [0.29, 0.717) is 17.8 Å². The SMILES string of the molecule is CN(C)CCn1ccnc1C1CCCN(C(=O)c2ccc(C#N)nc2)C1. The van der Waals surface area contributed by atoms with Crippen molar-refractivity contribution in [2.45, 2.75) is 25.3 Å². The van der Waals surface area contributed by atoms with Crippen molar-refractivity contribution in [3.05, 3.63) is 47.8 Å². The summed E-state index contributed by atoms with van der Waals surface area (Å²) in [4.78, 5) is 25.4. The Bertz CT molecular complexity index is 789. The van der Waals surface area contributed by atoms with E-state index >= 15 is 0 Å². The monoisotopic (exact) mass is 352 g/mol. The summed E-state index contributed by atoms with van der Waals surface area (Å²) >= 11 is 0. The average molecular weight is 352 g/mol. The van der Waals surface area contributed by atoms with Gasteiger partial charge in [0.2, 0.25) is 0 Å². The van der Waals surface area contributed by atoms with Gasteiger partial charge in [-0.3, -0.25) is 4.79 Å². The van der Waals surface area contributed by atoms with Gasteiger partial charge in [0.1, 0.15) is 17.6 Å². The fourth-order valence-electron chi connectivity index (χ4n) is 3.32. The van der Waals surface area contributed by atoms with Gasteiger partial charge >= 0.3 is 0 Å². The molecule has 2 aromatic rings. The fourth-order valence-corrected chi connectivity index (χ4v) is 3.32. The highest BCUT2D eigenvalue weighted by atomic mass is 16.2. The van der Waals surface area contributed by atoms with Crippen LogP contribution in [-0.2, 0) is 6.54 Å². The number of hydrogen-bond donors (Lipinski definition) is 0. The Morgan fingerprint density at radius 2 is 2.23 bits per heavy atom. The predicted octanol–water partition coefficient (Wildman–Crippen LogP) is 1.73. The van der Waals surface area contributed by atoms with E-state index in [0.717, 1.165) is 38.3 Å². The van der Waals surface area contributed by atoms with Crippen LogP contribution in [0.4, 0.5) is 0 Å². The van der Waals surface area contributed by atoms with E-state index in [2.05, 4.69) is 33.5 Å². The smallest absolute Gasteiger partial charge is 0.255 e. The van der Waals surface area contributed by atoms with Crippen LogP contribution in [-0.4, -0.2) is 64.0 Å². The molecule has 1 unspecified atom stereocenters. The number of nitriles is 1. The standard InChI is InChI=1S/C19H24N6O/c1-23(2)10-11-24-9-7-21-18(24)16-4-3-8-25(14-16)19(26)15-5-6-17(12-20)22-13-15/h5-7,9,13,16H,3-4,8,10-11,14H2,1-2H3. The Hall–Kier alpha value is -2.72. The molecule has 0 radical (unpaired) electrons. The molecule has 0 aromatic carbocycles. The van der Waals surface area contributed by atoms with Crippen molar-refractivity contribution in [1.29, 1.82) is 5.26 Å². The van der Waals surface area contributed by atoms with Gasteiger partial charge in [-0.25, -0.2) is 9.97 Å². The number of likely N-dealkylation sites (tertiary alicyclic amines) is 1. The van der Waals surface area contributed by atoms with Crippen LogP contribution in [0.5, 0.6) is 0 Å². The zero-order valence-corrected chi connectivity index (χ0v) is 15.3. The second-order valence-electron chi connectivity index (χ2n) is 6.92. The van der Waals surface area contributed by atoms with E-state index in [1.807, 2.05) is 23.4 Å². The first-order valence-corrected chi connectivity index (χ1v) is 8.89. The van der Waals surface area contributed by atoms with Gasteiger partial charge < -0.3 is 14.4 Å². The molecule has 2 aromatic heterocycles. The molecule has 1 fully saturated rings. The van der Waals surface area contributed by atoms with Crippen molar-refractivity contribution in [2.75, 3.05) is 33.7 Å². The van der Waals surface area contributed by atoms with Gasteiger partial charge in [0, 0.05) is 50.7 Å². The Labute approximate surface area is 153 Å². The summed E-state index contributed by atoms with van der Waals surface area (Å²) in [6, 6.07) is 5.24. The normalized spacial score (nSPS) is 17.3. The van der Waals surface area contributed by atoms with Crippen LogP contribution in [0.3, 0.4) is 0 Å². The van der Waals surface area contributed by atoms with Crippen LogP contribution in [0.2, 0.25) is 0 Å². The minimum absolute atomic E-state index is 0.0295. The average Bonchev–Trinajstić information content (AvgIpc) is 3.14. The summed E-state index contributed by atoms with van der Waals surface area (Å²) in [5.74, 6) is 1.27. The molecule has 0 spiro atoms. The second kappa shape index (κ2) is 8.11. The lowest BCUT2D eigenvalue weighted by molar-refractivity contribution is 0.0702. The minimum atomic E-state index is -0.0295. The number of piperidine rings is 1. The maximum Gasteiger partial charge on any atom is 0.255 e. The van der Waals surface area contributed by atoms with E-state index in [1.54, 1.807) is 12.1 Å². The van der Waals surface area contributed by atoms with Crippen LogP contribution in [0.15, 0.2) is 30.7 Å². The largest absolute Gasteiger partial charge is 0.338 e. The lowest BCUT2D eigenvalue weighted by atomic mass is 9.96. The summed E-state index contributed by atoms with van der Waals surface area (Å²) in [7, 11) is 4.12. The van der Waals surface area contributed by atoms with E-state index in [-0.39, 0.29) is 11.8 Å². The van der Waals surface area contributed by atoms with Crippen LogP contribution in [0, 0.1) is 11.3 Å². The summed E-state index contributed by atoms with van der Waals surface area (Å²) in [5.41, 5.74) is 0.849. The first kappa shape index (κ1) is 18.1. The Morgan fingerprint density at radius 3 is 2.92 bits per heavy atom. The highest BCUT2D eigenvalue weighted by Crippen LogP contribution is 2.26. The number of nitrogens with zero attached hydrogens (tertiary/aromatic N) is 6. The first-order valence-electron chi connectivity index (χ1n) is 8.89. The lowest BCUT2D eigenvalue weighted by Gasteiger charge is -2.32. The maximum absolute atomic E-state index is 12.8. The quantitative estimate of drug-likeness (QED) is 0.819. The Kier molecular flexibility index (Phi) is 5.64. The first-order chi connectivity index (χ1) is 12.6. The Morgan fingerprint density at radius 1 is 1.38 bits per heavy atom. The zero-order chi connectivity index (χ0) is 18.5. The summed E-state index contributed by atoms with van der Waals surface area (Å²) in [6.45, 7) is 3.26. The van der Waals surface area contributed by atoms with Gasteiger partial charge in [0.15, 0.2) is 0 Å². The zero-order valence-electron chi connectivity index (χ0n) is 15.3. The minimum Gasteiger partial charge on any atom is -0.338 e. The van der Waals surface area contributed by atoms with E-state index in [1.165, 1.54) is 6.20 Å². The number of carbonyl (C=O) groups excluding carboxylic acids is 1. The van der Waals surface area contributed by atoms with E-state index in [9.17, 15) is 4.79 Å². The molecule has 3 heterocycles. The number of imidazole rings is 1. The molecule has 0 N–H and O–H groups in total. The third kappa shape index (κ3) is 4.09. The topological polar surface area (TPSA) is 78.0 Å². The molecular weight excluding hydrogens is 328 g/mol. The number of amides is 1. The Balaban J connectivity index is 1.70. The number of carbonyl (C=O) groups is 1. The molecule has 7 heteroatoms. The van der Waals surface area contributed by atoms with Gasteiger partial charge in [-0.15, -0.1) is 0 Å². The highest BCUT2D eigenvalue weighted by molar-refractivity contribution is 5.94. The molecule has 1 aliphatic rings. The lowest BCUT2D eigenvalue weighted by Crippen LogP contribution is -2.40. The number of hydrogen-bond acceptors (Lipinski definition) is 5. The molecule has 26 heavy (non-hydrogen) atoms. The third-order valence-corrected chi connectivity index (χ3v) is 4.73.